The van der Waals surface area contributed by atoms with Crippen LogP contribution in [0.25, 0.3) is 5.57 Å². The third-order valence-electron chi connectivity index (χ3n) is 2.77. The molecule has 4 nitrogen and oxygen atoms in total. The summed E-state index contributed by atoms with van der Waals surface area (Å²) in [6, 6.07) is 9.62. The topological polar surface area (TPSA) is 72.7 Å². The van der Waals surface area contributed by atoms with Gasteiger partial charge in [-0.15, -0.1) is 0 Å². The molecule has 0 bridgehead atoms. The lowest BCUT2D eigenvalue weighted by Crippen LogP contribution is -2.55. The van der Waals surface area contributed by atoms with E-state index in [1.54, 1.807) is 0 Å². The van der Waals surface area contributed by atoms with Gasteiger partial charge in [0.2, 0.25) is 0 Å². The van der Waals surface area contributed by atoms with Gasteiger partial charge < -0.3 is 20.6 Å². The monoisotopic (exact) mass is 237 g/mol. The molecule has 0 atom stereocenters. The molecule has 94 valence electrons. The number of hydrogen-bond acceptors (Lipinski definition) is 4. The molecule has 0 amide bonds. The molecule has 0 unspecified atom stereocenters. The summed E-state index contributed by atoms with van der Waals surface area (Å²) in [4.78, 5) is 0. The zero-order valence-electron chi connectivity index (χ0n) is 9.76. The smallest absolute Gasteiger partial charge is 0.0884 e. The highest BCUT2D eigenvalue weighted by atomic mass is 16.3. The molecular formula is C13H19NO3. The number of benzene rings is 1. The Morgan fingerprint density at radius 2 is 1.59 bits per heavy atom. The molecule has 0 saturated heterocycles. The third-order valence-corrected chi connectivity index (χ3v) is 2.77. The molecule has 17 heavy (non-hydrogen) atoms. The second kappa shape index (κ2) is 6.51. The van der Waals surface area contributed by atoms with Crippen molar-refractivity contribution in [1.29, 1.82) is 0 Å². The van der Waals surface area contributed by atoms with Gasteiger partial charge in [-0.1, -0.05) is 36.9 Å². The Morgan fingerprint density at radius 1 is 1.06 bits per heavy atom. The quantitative estimate of drug-likeness (QED) is 0.539. The van der Waals surface area contributed by atoms with Crippen LogP contribution in [0.1, 0.15) is 5.56 Å². The Labute approximate surface area is 101 Å². The largest absolute Gasteiger partial charge is 0.394 e. The molecule has 0 aliphatic carbocycles. The maximum Gasteiger partial charge on any atom is 0.0884 e. The maximum absolute atomic E-state index is 9.15. The first-order chi connectivity index (χ1) is 8.17. The van der Waals surface area contributed by atoms with Crippen LogP contribution in [0, 0.1) is 0 Å². The Morgan fingerprint density at radius 3 is 2.06 bits per heavy atom. The number of aliphatic hydroxyl groups excluding tert-OH is 3. The lowest BCUT2D eigenvalue weighted by Gasteiger charge is -2.29. The van der Waals surface area contributed by atoms with Crippen LogP contribution in [0.15, 0.2) is 36.9 Å². The molecule has 1 rings (SSSR count). The Balaban J connectivity index is 2.59. The predicted octanol–water partition coefficient (Wildman–Crippen LogP) is 0.00510. The van der Waals surface area contributed by atoms with Gasteiger partial charge in [0.05, 0.1) is 25.4 Å². The summed E-state index contributed by atoms with van der Waals surface area (Å²) in [5, 5.41) is 30.4. The van der Waals surface area contributed by atoms with Gasteiger partial charge in [-0.2, -0.15) is 0 Å². The Hall–Kier alpha value is -1.20. The van der Waals surface area contributed by atoms with E-state index in [9.17, 15) is 0 Å². The summed E-state index contributed by atoms with van der Waals surface area (Å²) in [6.45, 7) is 3.32. The van der Waals surface area contributed by atoms with Crippen LogP contribution < -0.4 is 5.32 Å². The molecule has 0 spiro atoms. The van der Waals surface area contributed by atoms with Crippen molar-refractivity contribution in [2.45, 2.75) is 5.54 Å². The molecule has 0 fully saturated rings. The van der Waals surface area contributed by atoms with Gasteiger partial charge in [0.1, 0.15) is 0 Å². The van der Waals surface area contributed by atoms with E-state index in [1.807, 2.05) is 30.3 Å². The van der Waals surface area contributed by atoms with E-state index in [1.165, 1.54) is 0 Å². The van der Waals surface area contributed by atoms with Gasteiger partial charge in [-0.25, -0.2) is 0 Å². The van der Waals surface area contributed by atoms with Gasteiger partial charge in [-0.05, 0) is 11.1 Å². The fourth-order valence-corrected chi connectivity index (χ4v) is 1.39. The summed E-state index contributed by atoms with van der Waals surface area (Å²) < 4.78 is 0. The zero-order chi connectivity index (χ0) is 12.7. The van der Waals surface area contributed by atoms with Gasteiger partial charge in [0, 0.05) is 6.54 Å². The van der Waals surface area contributed by atoms with Gasteiger partial charge in [-0.3, -0.25) is 0 Å². The van der Waals surface area contributed by atoms with Crippen LogP contribution in [0.5, 0.6) is 0 Å². The van der Waals surface area contributed by atoms with Crippen LogP contribution in [0.2, 0.25) is 0 Å². The molecule has 0 aliphatic rings. The normalized spacial score (nSPS) is 11.5. The zero-order valence-corrected chi connectivity index (χ0v) is 9.76. The van der Waals surface area contributed by atoms with Crippen LogP contribution in [0.4, 0.5) is 0 Å². The maximum atomic E-state index is 9.15. The van der Waals surface area contributed by atoms with E-state index >= 15 is 0 Å². The molecule has 0 aliphatic heterocycles. The molecule has 1 aromatic rings. The van der Waals surface area contributed by atoms with Crippen molar-refractivity contribution in [2.75, 3.05) is 26.4 Å². The molecule has 0 aromatic heterocycles. The van der Waals surface area contributed by atoms with E-state index in [2.05, 4.69) is 11.9 Å². The van der Waals surface area contributed by atoms with Crippen molar-refractivity contribution in [1.82, 2.24) is 5.32 Å². The molecule has 1 aromatic carbocycles. The molecule has 4 N–H and O–H groups in total. The highest BCUT2D eigenvalue weighted by Crippen LogP contribution is 2.12. The van der Waals surface area contributed by atoms with Crippen LogP contribution in [-0.4, -0.2) is 47.2 Å². The first-order valence-corrected chi connectivity index (χ1v) is 5.48. The first kappa shape index (κ1) is 13.9. The Bertz CT molecular complexity index is 339. The lowest BCUT2D eigenvalue weighted by atomic mass is 10.0. The van der Waals surface area contributed by atoms with Gasteiger partial charge in [0.15, 0.2) is 0 Å². The second-order valence-electron chi connectivity index (χ2n) is 4.08. The van der Waals surface area contributed by atoms with Crippen molar-refractivity contribution in [3.63, 3.8) is 0 Å². The number of nitrogens with one attached hydrogen (secondary N) is 1. The average molecular weight is 237 g/mol. The van der Waals surface area contributed by atoms with E-state index in [0.717, 1.165) is 11.1 Å². The summed E-state index contributed by atoms with van der Waals surface area (Å²) in [6.07, 6.45) is 0. The minimum atomic E-state index is -1.06. The van der Waals surface area contributed by atoms with Crippen LogP contribution in [0.3, 0.4) is 0 Å². The average Bonchev–Trinajstić information content (AvgIpc) is 2.41. The third kappa shape index (κ3) is 3.64. The number of hydrogen-bond donors (Lipinski definition) is 4. The summed E-state index contributed by atoms with van der Waals surface area (Å²) in [7, 11) is 0. The fraction of sp³-hybridized carbons (Fsp3) is 0.385. The summed E-state index contributed by atoms with van der Waals surface area (Å²) in [5.74, 6) is 0. The Kier molecular flexibility index (Phi) is 5.31. The van der Waals surface area contributed by atoms with Crippen molar-refractivity contribution >= 4 is 5.57 Å². The van der Waals surface area contributed by atoms with Crippen LogP contribution >= 0.6 is 0 Å². The van der Waals surface area contributed by atoms with Crippen LogP contribution in [-0.2, 0) is 0 Å². The highest BCUT2D eigenvalue weighted by Gasteiger charge is 2.27. The SMILES string of the molecule is C=C(CNC(CO)(CO)CO)c1ccccc1. The first-order valence-electron chi connectivity index (χ1n) is 5.48. The number of rotatable bonds is 7. The molecular weight excluding hydrogens is 218 g/mol. The molecule has 4 heteroatoms. The lowest BCUT2D eigenvalue weighted by molar-refractivity contribution is 0.0456. The van der Waals surface area contributed by atoms with Gasteiger partial charge >= 0.3 is 0 Å². The van der Waals surface area contributed by atoms with Crippen molar-refractivity contribution in [3.8, 4) is 0 Å². The second-order valence-corrected chi connectivity index (χ2v) is 4.08. The molecule has 0 heterocycles. The predicted molar refractivity (Wildman–Crippen MR) is 67.5 cm³/mol. The van der Waals surface area contributed by atoms with E-state index < -0.39 is 5.54 Å². The standard InChI is InChI=1S/C13H19NO3/c1-11(12-5-3-2-4-6-12)7-14-13(8-15,9-16)10-17/h2-6,14-17H,1,7-10H2. The van der Waals surface area contributed by atoms with E-state index in [4.69, 9.17) is 15.3 Å². The van der Waals surface area contributed by atoms with Gasteiger partial charge in [0.25, 0.3) is 0 Å². The van der Waals surface area contributed by atoms with Crippen molar-refractivity contribution < 1.29 is 15.3 Å². The molecule has 0 saturated carbocycles. The van der Waals surface area contributed by atoms with Crippen molar-refractivity contribution in [2.24, 2.45) is 0 Å². The fourth-order valence-electron chi connectivity index (χ4n) is 1.39. The van der Waals surface area contributed by atoms with E-state index in [0.29, 0.717) is 6.54 Å². The van der Waals surface area contributed by atoms with Crippen molar-refractivity contribution in [3.05, 3.63) is 42.5 Å². The summed E-state index contributed by atoms with van der Waals surface area (Å²) >= 11 is 0. The number of aliphatic hydroxyl groups is 3. The van der Waals surface area contributed by atoms with E-state index in [-0.39, 0.29) is 19.8 Å². The minimum absolute atomic E-state index is 0.331. The highest BCUT2D eigenvalue weighted by molar-refractivity contribution is 5.64. The minimum Gasteiger partial charge on any atom is -0.394 e. The molecule has 0 radical (unpaired) electrons. The summed E-state index contributed by atoms with van der Waals surface area (Å²) in [5.41, 5.74) is 0.769.